The Labute approximate surface area is 105 Å². The highest BCUT2D eigenvalue weighted by molar-refractivity contribution is 6.44. The van der Waals surface area contributed by atoms with Gasteiger partial charge in [0.05, 0.1) is 0 Å². The molecule has 0 N–H and O–H groups in total. The molecule has 2 heterocycles. The summed E-state index contributed by atoms with van der Waals surface area (Å²) in [4.78, 5) is 25.6. The van der Waals surface area contributed by atoms with E-state index in [2.05, 4.69) is 6.58 Å². The van der Waals surface area contributed by atoms with Crippen molar-refractivity contribution in [3.05, 3.63) is 23.4 Å². The van der Waals surface area contributed by atoms with Gasteiger partial charge in [-0.05, 0) is 12.8 Å². The maximum atomic E-state index is 12.2. The van der Waals surface area contributed by atoms with E-state index >= 15 is 0 Å². The van der Waals surface area contributed by atoms with E-state index in [1.807, 2.05) is 0 Å². The van der Waals surface area contributed by atoms with E-state index in [0.717, 1.165) is 12.8 Å². The Bertz CT molecular complexity index is 403. The van der Waals surface area contributed by atoms with Crippen LogP contribution < -0.4 is 0 Å². The topological polar surface area (TPSA) is 46.6 Å². The van der Waals surface area contributed by atoms with Gasteiger partial charge in [0.25, 0.3) is 5.91 Å². The third-order valence-corrected chi connectivity index (χ3v) is 3.43. The molecule has 2 rings (SSSR count). The first-order valence-electron chi connectivity index (χ1n) is 5.62. The zero-order valence-corrected chi connectivity index (χ0v) is 10.2. The Balaban J connectivity index is 2.30. The summed E-state index contributed by atoms with van der Waals surface area (Å²) in [6, 6.07) is -0.0198. The summed E-state index contributed by atoms with van der Waals surface area (Å²) in [7, 11) is 0. The van der Waals surface area contributed by atoms with Crippen molar-refractivity contribution in [3.63, 3.8) is 0 Å². The van der Waals surface area contributed by atoms with E-state index in [9.17, 15) is 9.59 Å². The number of amides is 1. The molecule has 0 aliphatic carbocycles. The lowest BCUT2D eigenvalue weighted by Gasteiger charge is -2.22. The van der Waals surface area contributed by atoms with E-state index in [-0.39, 0.29) is 35.1 Å². The number of carbonyl (C=O) groups is 2. The molecule has 0 aromatic carbocycles. The van der Waals surface area contributed by atoms with Crippen LogP contribution in [0, 0.1) is 0 Å². The number of ketones is 1. The predicted octanol–water partition coefficient (Wildman–Crippen LogP) is 1.60. The van der Waals surface area contributed by atoms with Crippen molar-refractivity contribution in [2.24, 2.45) is 0 Å². The minimum Gasteiger partial charge on any atom is -0.482 e. The molecule has 17 heavy (non-hydrogen) atoms. The van der Waals surface area contributed by atoms with Crippen molar-refractivity contribution < 1.29 is 14.3 Å². The van der Waals surface area contributed by atoms with Crippen molar-refractivity contribution in [2.45, 2.75) is 25.3 Å². The lowest BCUT2D eigenvalue weighted by atomic mass is 10.1. The SMILES string of the molecule is C=CCOC1=C(Cl)C(=O)CC2CCCN2C1=O. The number of halogens is 1. The van der Waals surface area contributed by atoms with Gasteiger partial charge in [0.15, 0.2) is 5.78 Å². The van der Waals surface area contributed by atoms with Crippen LogP contribution in [-0.4, -0.2) is 35.8 Å². The maximum absolute atomic E-state index is 12.2. The molecule has 1 amide bonds. The second kappa shape index (κ2) is 4.92. The Kier molecular flexibility index (Phi) is 3.52. The molecule has 0 spiro atoms. The highest BCUT2D eigenvalue weighted by Gasteiger charge is 2.38. The second-order valence-corrected chi connectivity index (χ2v) is 4.54. The molecular weight excluding hydrogens is 242 g/mol. The number of hydrogen-bond acceptors (Lipinski definition) is 3. The number of nitrogens with zero attached hydrogens (tertiary/aromatic N) is 1. The molecule has 4 nitrogen and oxygen atoms in total. The van der Waals surface area contributed by atoms with E-state index in [1.54, 1.807) is 4.90 Å². The molecule has 0 bridgehead atoms. The summed E-state index contributed by atoms with van der Waals surface area (Å²) in [5.41, 5.74) is 0. The van der Waals surface area contributed by atoms with Crippen LogP contribution in [0.2, 0.25) is 0 Å². The molecule has 1 atom stereocenters. The van der Waals surface area contributed by atoms with Crippen LogP contribution in [0.1, 0.15) is 19.3 Å². The Morgan fingerprint density at radius 1 is 1.53 bits per heavy atom. The minimum atomic E-state index is -0.273. The van der Waals surface area contributed by atoms with Gasteiger partial charge in [0, 0.05) is 19.0 Å². The lowest BCUT2D eigenvalue weighted by molar-refractivity contribution is -0.131. The highest BCUT2D eigenvalue weighted by Crippen LogP contribution is 2.30. The third-order valence-electron chi connectivity index (χ3n) is 3.04. The van der Waals surface area contributed by atoms with Crippen LogP contribution in [0.15, 0.2) is 23.4 Å². The lowest BCUT2D eigenvalue weighted by Crippen LogP contribution is -2.36. The fourth-order valence-electron chi connectivity index (χ4n) is 2.24. The van der Waals surface area contributed by atoms with Crippen LogP contribution in [0.4, 0.5) is 0 Å². The Morgan fingerprint density at radius 2 is 2.29 bits per heavy atom. The normalized spacial score (nSPS) is 24.8. The predicted molar refractivity (Wildman–Crippen MR) is 63.4 cm³/mol. The molecule has 0 aromatic rings. The molecule has 1 fully saturated rings. The van der Waals surface area contributed by atoms with Gasteiger partial charge >= 0.3 is 0 Å². The van der Waals surface area contributed by atoms with Gasteiger partial charge in [0.1, 0.15) is 11.6 Å². The van der Waals surface area contributed by atoms with Gasteiger partial charge in [-0.2, -0.15) is 0 Å². The van der Waals surface area contributed by atoms with Gasteiger partial charge in [-0.15, -0.1) is 0 Å². The van der Waals surface area contributed by atoms with Crippen LogP contribution in [0.5, 0.6) is 0 Å². The van der Waals surface area contributed by atoms with Gasteiger partial charge in [-0.25, -0.2) is 0 Å². The summed E-state index contributed by atoms with van der Waals surface area (Å²) >= 11 is 5.90. The van der Waals surface area contributed by atoms with Gasteiger partial charge in [0.2, 0.25) is 5.76 Å². The van der Waals surface area contributed by atoms with Crippen LogP contribution in [0.25, 0.3) is 0 Å². The minimum absolute atomic E-state index is 0.0198. The maximum Gasteiger partial charge on any atom is 0.290 e. The van der Waals surface area contributed by atoms with Crippen molar-refractivity contribution in [2.75, 3.05) is 13.2 Å². The molecule has 5 heteroatoms. The third kappa shape index (κ3) is 2.22. The Hall–Kier alpha value is -1.29. The molecule has 2 aliphatic rings. The number of fused-ring (bicyclic) bond motifs is 1. The standard InChI is InChI=1S/C12H14ClNO3/c1-2-6-17-11-10(13)9(15)7-8-4-3-5-14(8)12(11)16/h2,8H,1,3-7H2. The van der Waals surface area contributed by atoms with Crippen molar-refractivity contribution >= 4 is 23.3 Å². The van der Waals surface area contributed by atoms with Crippen LogP contribution in [-0.2, 0) is 14.3 Å². The quantitative estimate of drug-likeness (QED) is 0.720. The Morgan fingerprint density at radius 3 is 3.00 bits per heavy atom. The summed E-state index contributed by atoms with van der Waals surface area (Å²) < 4.78 is 5.23. The summed E-state index contributed by atoms with van der Waals surface area (Å²) in [6.07, 6.45) is 3.60. The van der Waals surface area contributed by atoms with E-state index in [0.29, 0.717) is 13.0 Å². The van der Waals surface area contributed by atoms with Crippen LogP contribution in [0.3, 0.4) is 0 Å². The van der Waals surface area contributed by atoms with Crippen molar-refractivity contribution in [1.29, 1.82) is 0 Å². The first kappa shape index (κ1) is 12.2. The zero-order chi connectivity index (χ0) is 12.4. The molecule has 0 saturated carbocycles. The average molecular weight is 256 g/mol. The number of allylic oxidation sites excluding steroid dienone is 1. The number of Topliss-reactive ketones (excluding diaryl/α,β-unsaturated/α-hetero) is 1. The molecule has 0 radical (unpaired) electrons. The van der Waals surface area contributed by atoms with Gasteiger partial charge in [-0.3, -0.25) is 9.59 Å². The number of ether oxygens (including phenoxy) is 1. The monoisotopic (exact) mass is 255 g/mol. The first-order valence-corrected chi connectivity index (χ1v) is 6.00. The van der Waals surface area contributed by atoms with Crippen LogP contribution >= 0.6 is 11.6 Å². The fourth-order valence-corrected chi connectivity index (χ4v) is 2.45. The fraction of sp³-hybridized carbons (Fsp3) is 0.500. The summed E-state index contributed by atoms with van der Waals surface area (Å²) in [5, 5.41) is -0.0775. The summed E-state index contributed by atoms with van der Waals surface area (Å²) in [6.45, 7) is 4.34. The molecule has 92 valence electrons. The molecule has 1 saturated heterocycles. The highest BCUT2D eigenvalue weighted by atomic mass is 35.5. The number of carbonyl (C=O) groups excluding carboxylic acids is 2. The largest absolute Gasteiger partial charge is 0.482 e. The average Bonchev–Trinajstić information content (AvgIpc) is 2.73. The van der Waals surface area contributed by atoms with E-state index in [4.69, 9.17) is 16.3 Å². The van der Waals surface area contributed by atoms with Crippen molar-refractivity contribution in [3.8, 4) is 0 Å². The molecular formula is C12H14ClNO3. The molecule has 0 aromatic heterocycles. The second-order valence-electron chi connectivity index (χ2n) is 4.16. The van der Waals surface area contributed by atoms with Gasteiger partial charge < -0.3 is 9.64 Å². The number of hydrogen-bond donors (Lipinski definition) is 0. The first-order chi connectivity index (χ1) is 8.15. The number of rotatable bonds is 3. The van der Waals surface area contributed by atoms with Crippen molar-refractivity contribution in [1.82, 2.24) is 4.90 Å². The smallest absolute Gasteiger partial charge is 0.290 e. The molecule has 2 aliphatic heterocycles. The van der Waals surface area contributed by atoms with E-state index < -0.39 is 0 Å². The zero-order valence-electron chi connectivity index (χ0n) is 9.45. The summed E-state index contributed by atoms with van der Waals surface area (Å²) in [5.74, 6) is -0.514. The van der Waals surface area contributed by atoms with Gasteiger partial charge in [-0.1, -0.05) is 24.3 Å². The molecule has 1 unspecified atom stereocenters. The van der Waals surface area contributed by atoms with E-state index in [1.165, 1.54) is 6.08 Å².